The van der Waals surface area contributed by atoms with Crippen molar-refractivity contribution in [2.75, 3.05) is 33.3 Å². The predicted octanol–water partition coefficient (Wildman–Crippen LogP) is 3.82. The number of methoxy groups -OCH3 is 1. The van der Waals surface area contributed by atoms with Crippen LogP contribution in [0.2, 0.25) is 0 Å². The van der Waals surface area contributed by atoms with E-state index in [4.69, 9.17) is 23.7 Å². The van der Waals surface area contributed by atoms with Crippen LogP contribution in [0.5, 0.6) is 28.7 Å². The highest BCUT2D eigenvalue weighted by atomic mass is 32.2. The van der Waals surface area contributed by atoms with Crippen LogP contribution in [0.15, 0.2) is 36.4 Å². The third-order valence-corrected chi connectivity index (χ3v) is 12.3. The number of benzene rings is 3. The first kappa shape index (κ1) is 33.2. The van der Waals surface area contributed by atoms with Crippen LogP contribution in [0.1, 0.15) is 63.2 Å². The van der Waals surface area contributed by atoms with Gasteiger partial charge in [-0.1, -0.05) is 36.4 Å². The number of carbonyl (C=O) groups is 2. The monoisotopic (exact) mass is 703 g/mol. The molecule has 13 heteroatoms. The van der Waals surface area contributed by atoms with Gasteiger partial charge in [0.05, 0.1) is 30.5 Å². The van der Waals surface area contributed by atoms with Gasteiger partial charge >= 0.3 is 11.9 Å². The lowest BCUT2D eigenvalue weighted by Crippen LogP contribution is -2.69. The van der Waals surface area contributed by atoms with Crippen LogP contribution in [0, 0.1) is 13.8 Å². The second kappa shape index (κ2) is 12.6. The van der Waals surface area contributed by atoms with E-state index in [-0.39, 0.29) is 25.2 Å². The van der Waals surface area contributed by atoms with Crippen molar-refractivity contribution in [2.24, 2.45) is 0 Å². The summed E-state index contributed by atoms with van der Waals surface area (Å²) in [6, 6.07) is 9.31. The molecule has 0 aliphatic carbocycles. The Morgan fingerprint density at radius 2 is 1.84 bits per heavy atom. The number of phenolic OH excluding ortho intramolecular Hbond substituents is 1. The number of esters is 2. The highest BCUT2D eigenvalue weighted by Crippen LogP contribution is 2.63. The lowest BCUT2D eigenvalue weighted by atomic mass is 9.73. The molecule has 9 rings (SSSR count). The number of nitrogens with zero attached hydrogens (tertiary/aromatic N) is 2. The average molecular weight is 704 g/mol. The van der Waals surface area contributed by atoms with Crippen LogP contribution in [0.4, 0.5) is 0 Å². The second-order valence-corrected chi connectivity index (χ2v) is 14.8. The third-order valence-electron chi connectivity index (χ3n) is 10.9. The van der Waals surface area contributed by atoms with Crippen molar-refractivity contribution in [1.29, 1.82) is 0 Å². The van der Waals surface area contributed by atoms with Crippen LogP contribution in [-0.4, -0.2) is 89.6 Å². The molecule has 0 radical (unpaired) electrons. The Labute approximate surface area is 294 Å². The molecule has 1 unspecified atom stereocenters. The molecule has 0 saturated carbocycles. The molecule has 6 aliphatic heterocycles. The fraction of sp³-hybridized carbons (Fsp3) is 0.459. The summed E-state index contributed by atoms with van der Waals surface area (Å²) in [6.07, 6.45) is -0.500. The molecule has 12 nitrogen and oxygen atoms in total. The Hall–Kier alpha value is -4.01. The molecule has 3 aromatic carbocycles. The molecule has 0 amide bonds. The van der Waals surface area contributed by atoms with Gasteiger partial charge in [0, 0.05) is 47.5 Å². The number of aliphatic hydroxyl groups is 1. The lowest BCUT2D eigenvalue weighted by molar-refractivity contribution is -0.184. The van der Waals surface area contributed by atoms with Crippen molar-refractivity contribution in [3.05, 3.63) is 75.3 Å². The van der Waals surface area contributed by atoms with E-state index in [9.17, 15) is 19.8 Å². The van der Waals surface area contributed by atoms with E-state index in [0.717, 1.165) is 27.8 Å². The van der Waals surface area contributed by atoms with Gasteiger partial charge in [-0.15, -0.1) is 11.8 Å². The van der Waals surface area contributed by atoms with Gasteiger partial charge in [-0.2, -0.15) is 0 Å². The van der Waals surface area contributed by atoms with Crippen LogP contribution in [-0.2, 0) is 27.3 Å². The first-order chi connectivity index (χ1) is 24.1. The Kier molecular flexibility index (Phi) is 8.38. The number of likely N-dealkylation sites (N-methyl/N-ethyl adjacent to an activating group) is 1. The zero-order valence-corrected chi connectivity index (χ0v) is 29.4. The summed E-state index contributed by atoms with van der Waals surface area (Å²) >= 11 is 1.53. The highest BCUT2D eigenvalue weighted by molar-refractivity contribution is 7.99. The Morgan fingerprint density at radius 1 is 1.08 bits per heavy atom. The average Bonchev–Trinajstić information content (AvgIpc) is 3.59. The molecule has 50 heavy (non-hydrogen) atoms. The summed E-state index contributed by atoms with van der Waals surface area (Å²) in [4.78, 5) is 30.7. The molecular weight excluding hydrogens is 662 g/mol. The number of rotatable bonds is 5. The topological polar surface area (TPSA) is 139 Å². The summed E-state index contributed by atoms with van der Waals surface area (Å²) in [6.45, 7) is 5.45. The number of hydrogen-bond donors (Lipinski definition) is 3. The van der Waals surface area contributed by atoms with E-state index in [2.05, 4.69) is 10.2 Å². The standard InChI is InChI=1S/C37H41N3O9S/c1-17-11-21-12-23-36(43)40-24-14-46-37(44)22(38-13-20-9-7-6-8-10-20)15-50-35(29(40)28(39(23)4)25(21)30(42)31(17)45-5)27-26(24)34-33(47-16-48-34)18(2)32(27)49-19(3)41/h6-11,22-24,28-29,35-36,38,42-43H,12-16H2,1-5H3/t22-,23-,24-,28-,29?,35-,36+/m1/s1. The van der Waals surface area contributed by atoms with E-state index in [1.807, 2.05) is 62.2 Å². The van der Waals surface area contributed by atoms with Gasteiger partial charge in [0.25, 0.3) is 0 Å². The van der Waals surface area contributed by atoms with Crippen molar-refractivity contribution in [3.63, 3.8) is 0 Å². The van der Waals surface area contributed by atoms with E-state index >= 15 is 0 Å². The van der Waals surface area contributed by atoms with Gasteiger partial charge in [0.15, 0.2) is 23.0 Å². The van der Waals surface area contributed by atoms with Gasteiger partial charge in [0.2, 0.25) is 6.79 Å². The van der Waals surface area contributed by atoms with E-state index < -0.39 is 47.6 Å². The second-order valence-electron chi connectivity index (χ2n) is 13.6. The molecule has 7 atom stereocenters. The van der Waals surface area contributed by atoms with Crippen LogP contribution in [0.25, 0.3) is 0 Å². The zero-order chi connectivity index (χ0) is 35.0. The maximum absolute atomic E-state index is 13.8. The fourth-order valence-corrected chi connectivity index (χ4v) is 10.3. The molecule has 3 aromatic rings. The van der Waals surface area contributed by atoms with Gasteiger partial charge < -0.3 is 33.9 Å². The van der Waals surface area contributed by atoms with Crippen LogP contribution < -0.4 is 24.3 Å². The van der Waals surface area contributed by atoms with E-state index in [1.54, 1.807) is 7.11 Å². The van der Waals surface area contributed by atoms with Gasteiger partial charge in [-0.05, 0) is 44.0 Å². The number of hydrogen-bond acceptors (Lipinski definition) is 13. The first-order valence-electron chi connectivity index (χ1n) is 16.9. The maximum Gasteiger partial charge on any atom is 0.324 e. The van der Waals surface area contributed by atoms with Crippen LogP contribution in [0.3, 0.4) is 0 Å². The van der Waals surface area contributed by atoms with E-state index in [0.29, 0.717) is 52.8 Å². The number of carbonyl (C=O) groups excluding carboxylic acids is 2. The largest absolute Gasteiger partial charge is 0.504 e. The number of thioether (sulfide) groups is 1. The van der Waals surface area contributed by atoms with Crippen LogP contribution >= 0.6 is 11.8 Å². The summed E-state index contributed by atoms with van der Waals surface area (Å²) in [5, 5.41) is 27.2. The Balaban J connectivity index is 1.34. The first-order valence-corrected chi connectivity index (χ1v) is 17.9. The third kappa shape index (κ3) is 5.04. The normalized spacial score (nSPS) is 28.3. The predicted molar refractivity (Wildman–Crippen MR) is 184 cm³/mol. The lowest BCUT2D eigenvalue weighted by Gasteiger charge is -2.62. The molecule has 264 valence electrons. The highest BCUT2D eigenvalue weighted by Gasteiger charge is 2.60. The number of aromatic hydroxyl groups is 1. The molecule has 3 N–H and O–H groups in total. The summed E-state index contributed by atoms with van der Waals surface area (Å²) in [5.41, 5.74) is 5.56. The van der Waals surface area contributed by atoms with Crippen molar-refractivity contribution in [1.82, 2.24) is 15.1 Å². The summed E-state index contributed by atoms with van der Waals surface area (Å²) in [5.74, 6) is 1.24. The van der Waals surface area contributed by atoms with Crippen molar-refractivity contribution < 1.29 is 43.5 Å². The molecule has 4 bridgehead atoms. The molecule has 0 aromatic heterocycles. The van der Waals surface area contributed by atoms with E-state index in [1.165, 1.54) is 18.7 Å². The Morgan fingerprint density at radius 3 is 2.58 bits per heavy atom. The number of phenols is 1. The Bertz CT molecular complexity index is 1870. The minimum absolute atomic E-state index is 0.0255. The van der Waals surface area contributed by atoms with Gasteiger partial charge in [-0.3, -0.25) is 24.7 Å². The summed E-state index contributed by atoms with van der Waals surface area (Å²) in [7, 11) is 3.52. The summed E-state index contributed by atoms with van der Waals surface area (Å²) < 4.78 is 30.0. The molecular formula is C37H41N3O9S. The minimum Gasteiger partial charge on any atom is -0.504 e. The maximum atomic E-state index is 13.8. The fourth-order valence-electron chi connectivity index (χ4n) is 8.76. The van der Waals surface area contributed by atoms with Crippen molar-refractivity contribution >= 4 is 23.7 Å². The number of aryl methyl sites for hydroxylation is 1. The zero-order valence-electron chi connectivity index (χ0n) is 28.6. The molecule has 2 fully saturated rings. The number of ether oxygens (including phenoxy) is 5. The number of nitrogens with one attached hydrogen (secondary N) is 1. The molecule has 6 heterocycles. The molecule has 0 spiro atoms. The number of aliphatic hydroxyl groups excluding tert-OH is 1. The number of fused-ring (bicyclic) bond motifs is 10. The van der Waals surface area contributed by atoms with Crippen molar-refractivity contribution in [3.8, 4) is 28.7 Å². The minimum atomic E-state index is -0.984. The molecule has 2 saturated heterocycles. The molecule has 6 aliphatic rings. The SMILES string of the molecule is COc1c(C)cc2c(c1O)[C@@H]1C3[C@@H]4SC[C@@H](NCc5ccccc5)C(=O)OC[C@H](c5c6c(c(C)c(OC(C)=O)c54)OCO6)N3[C@@H](O)[C@@H](C2)N1C. The quantitative estimate of drug-likeness (QED) is 0.263. The smallest absolute Gasteiger partial charge is 0.324 e. The van der Waals surface area contributed by atoms with Gasteiger partial charge in [0.1, 0.15) is 24.6 Å². The van der Waals surface area contributed by atoms with Gasteiger partial charge in [-0.25, -0.2) is 0 Å². The van der Waals surface area contributed by atoms with Crippen molar-refractivity contribution in [2.45, 2.75) is 75.4 Å². The number of piperazine rings is 1.